The minimum atomic E-state index is -0.937. The van der Waals surface area contributed by atoms with Gasteiger partial charge in [0.25, 0.3) is 0 Å². The fourth-order valence-corrected chi connectivity index (χ4v) is 2.25. The van der Waals surface area contributed by atoms with Gasteiger partial charge in [0.2, 0.25) is 0 Å². The lowest BCUT2D eigenvalue weighted by Gasteiger charge is -2.07. The summed E-state index contributed by atoms with van der Waals surface area (Å²) in [6, 6.07) is 5.08. The van der Waals surface area contributed by atoms with Gasteiger partial charge < -0.3 is 10.4 Å². The molecule has 17 heavy (non-hydrogen) atoms. The van der Waals surface area contributed by atoms with Gasteiger partial charge in [-0.15, -0.1) is 18.2 Å². The number of nitrogens with one attached hydrogen (secondary N) is 1. The Bertz CT molecular complexity index is 443. The maximum Gasteiger partial charge on any atom is 0.336 e. The van der Waals surface area contributed by atoms with Crippen LogP contribution in [0.5, 0.6) is 0 Å². The Hall–Kier alpha value is -1.12. The van der Waals surface area contributed by atoms with E-state index in [4.69, 9.17) is 11.5 Å². The summed E-state index contributed by atoms with van der Waals surface area (Å²) >= 11 is 4.91. The third-order valence-corrected chi connectivity index (χ3v) is 3.48. The van der Waals surface area contributed by atoms with Crippen LogP contribution in [0.4, 0.5) is 5.69 Å². The molecule has 0 bridgehead atoms. The van der Waals surface area contributed by atoms with Crippen molar-refractivity contribution in [2.24, 2.45) is 0 Å². The van der Waals surface area contributed by atoms with Crippen LogP contribution >= 0.6 is 27.7 Å². The Kier molecular flexibility index (Phi) is 5.95. The average molecular weight is 314 g/mol. The highest BCUT2D eigenvalue weighted by Gasteiger charge is 2.07. The van der Waals surface area contributed by atoms with Crippen LogP contribution in [0.3, 0.4) is 0 Å². The van der Waals surface area contributed by atoms with Gasteiger partial charge in [0.1, 0.15) is 0 Å². The number of halogens is 1. The standard InChI is InChI=1S/C12H12BrNO2S/c1-2-6-17-7-5-14-9-3-4-10(12(15)16)11(13)8-9/h1,3-4,8,14H,5-7H2,(H,15,16). The van der Waals surface area contributed by atoms with Crippen molar-refractivity contribution >= 4 is 39.3 Å². The average Bonchev–Trinajstić information content (AvgIpc) is 2.28. The van der Waals surface area contributed by atoms with Crippen molar-refractivity contribution in [1.82, 2.24) is 0 Å². The monoisotopic (exact) mass is 313 g/mol. The maximum atomic E-state index is 10.8. The SMILES string of the molecule is C#CCSCCNc1ccc(C(=O)O)c(Br)c1. The molecule has 0 saturated heterocycles. The molecule has 0 radical (unpaired) electrons. The number of hydrogen-bond acceptors (Lipinski definition) is 3. The summed E-state index contributed by atoms with van der Waals surface area (Å²) in [6.45, 7) is 0.797. The summed E-state index contributed by atoms with van der Waals surface area (Å²) in [4.78, 5) is 10.8. The molecule has 0 aliphatic rings. The highest BCUT2D eigenvalue weighted by atomic mass is 79.9. The number of aromatic carboxylic acids is 1. The maximum absolute atomic E-state index is 10.8. The van der Waals surface area contributed by atoms with Crippen molar-refractivity contribution in [2.45, 2.75) is 0 Å². The van der Waals surface area contributed by atoms with Crippen molar-refractivity contribution in [3.05, 3.63) is 28.2 Å². The third-order valence-electron chi connectivity index (χ3n) is 1.96. The van der Waals surface area contributed by atoms with E-state index in [2.05, 4.69) is 27.2 Å². The number of carbonyl (C=O) groups is 1. The van der Waals surface area contributed by atoms with Crippen molar-refractivity contribution < 1.29 is 9.90 Å². The first-order valence-electron chi connectivity index (χ1n) is 4.93. The van der Waals surface area contributed by atoms with Crippen molar-refractivity contribution in [2.75, 3.05) is 23.4 Å². The fraction of sp³-hybridized carbons (Fsp3) is 0.250. The van der Waals surface area contributed by atoms with Gasteiger partial charge in [-0.25, -0.2) is 4.79 Å². The number of carboxylic acid groups (broad SMARTS) is 1. The molecule has 3 nitrogen and oxygen atoms in total. The minimum Gasteiger partial charge on any atom is -0.478 e. The van der Waals surface area contributed by atoms with Crippen LogP contribution in [-0.2, 0) is 0 Å². The van der Waals surface area contributed by atoms with Crippen LogP contribution in [0, 0.1) is 12.3 Å². The molecule has 0 unspecified atom stereocenters. The lowest BCUT2D eigenvalue weighted by molar-refractivity contribution is 0.0696. The second-order valence-corrected chi connectivity index (χ2v) is 5.14. The number of thioether (sulfide) groups is 1. The summed E-state index contributed by atoms with van der Waals surface area (Å²) in [6.07, 6.45) is 5.13. The Morgan fingerprint density at radius 3 is 2.94 bits per heavy atom. The van der Waals surface area contributed by atoms with Gasteiger partial charge >= 0.3 is 5.97 Å². The third kappa shape index (κ3) is 4.72. The van der Waals surface area contributed by atoms with E-state index >= 15 is 0 Å². The Morgan fingerprint density at radius 2 is 2.35 bits per heavy atom. The number of anilines is 1. The molecule has 0 heterocycles. The zero-order valence-corrected chi connectivity index (χ0v) is 11.5. The predicted molar refractivity (Wildman–Crippen MR) is 75.7 cm³/mol. The van der Waals surface area contributed by atoms with Gasteiger partial charge in [-0.1, -0.05) is 5.92 Å². The molecule has 0 amide bonds. The molecule has 1 aromatic carbocycles. The first-order valence-corrected chi connectivity index (χ1v) is 6.88. The molecule has 0 aliphatic carbocycles. The zero-order valence-electron chi connectivity index (χ0n) is 9.07. The molecular weight excluding hydrogens is 302 g/mol. The molecule has 1 rings (SSSR count). The highest BCUT2D eigenvalue weighted by Crippen LogP contribution is 2.21. The Labute approximate surface area is 113 Å². The first kappa shape index (κ1) is 13.9. The normalized spacial score (nSPS) is 9.65. The molecule has 5 heteroatoms. The van der Waals surface area contributed by atoms with E-state index in [1.165, 1.54) is 0 Å². The summed E-state index contributed by atoms with van der Waals surface area (Å²) in [5.74, 6) is 3.25. The van der Waals surface area contributed by atoms with E-state index < -0.39 is 5.97 Å². The second kappa shape index (κ2) is 7.25. The van der Waals surface area contributed by atoms with Crippen LogP contribution in [0.2, 0.25) is 0 Å². The second-order valence-electron chi connectivity index (χ2n) is 3.18. The molecule has 0 fully saturated rings. The number of benzene rings is 1. The Balaban J connectivity index is 2.48. The molecule has 0 atom stereocenters. The predicted octanol–water partition coefficient (Wildman–Crippen LogP) is 2.93. The van der Waals surface area contributed by atoms with Crippen molar-refractivity contribution in [3.8, 4) is 12.3 Å². The van der Waals surface area contributed by atoms with Gasteiger partial charge in [0, 0.05) is 22.5 Å². The van der Waals surface area contributed by atoms with Crippen LogP contribution in [0.1, 0.15) is 10.4 Å². The van der Waals surface area contributed by atoms with E-state index in [9.17, 15) is 4.79 Å². The molecule has 90 valence electrons. The van der Waals surface area contributed by atoms with Crippen molar-refractivity contribution in [1.29, 1.82) is 0 Å². The van der Waals surface area contributed by atoms with Crippen LogP contribution in [0.25, 0.3) is 0 Å². The Morgan fingerprint density at radius 1 is 1.59 bits per heavy atom. The molecular formula is C12H12BrNO2S. The van der Waals surface area contributed by atoms with Crippen LogP contribution < -0.4 is 5.32 Å². The van der Waals surface area contributed by atoms with E-state index in [1.54, 1.807) is 30.0 Å². The van der Waals surface area contributed by atoms with Gasteiger partial charge in [0.05, 0.1) is 11.3 Å². The number of hydrogen-bond donors (Lipinski definition) is 2. The summed E-state index contributed by atoms with van der Waals surface area (Å²) in [5, 5.41) is 12.1. The van der Waals surface area contributed by atoms with Gasteiger partial charge in [0.15, 0.2) is 0 Å². The highest BCUT2D eigenvalue weighted by molar-refractivity contribution is 9.10. The number of terminal acetylenes is 1. The molecule has 2 N–H and O–H groups in total. The molecule has 0 aliphatic heterocycles. The minimum absolute atomic E-state index is 0.261. The number of rotatable bonds is 6. The topological polar surface area (TPSA) is 49.3 Å². The fourth-order valence-electron chi connectivity index (χ4n) is 1.20. The van der Waals surface area contributed by atoms with E-state index in [1.807, 2.05) is 0 Å². The van der Waals surface area contributed by atoms with Crippen LogP contribution in [-0.4, -0.2) is 29.1 Å². The number of carboxylic acids is 1. The van der Waals surface area contributed by atoms with E-state index in [-0.39, 0.29) is 5.56 Å². The summed E-state index contributed by atoms with van der Waals surface area (Å²) in [5.41, 5.74) is 1.15. The zero-order chi connectivity index (χ0) is 12.7. The molecule has 0 saturated carbocycles. The summed E-state index contributed by atoms with van der Waals surface area (Å²) < 4.78 is 0.575. The molecule has 0 aromatic heterocycles. The van der Waals surface area contributed by atoms with Gasteiger partial charge in [-0.2, -0.15) is 0 Å². The van der Waals surface area contributed by atoms with Crippen LogP contribution in [0.15, 0.2) is 22.7 Å². The lowest BCUT2D eigenvalue weighted by Crippen LogP contribution is -2.05. The van der Waals surface area contributed by atoms with E-state index in [0.717, 1.165) is 18.0 Å². The summed E-state index contributed by atoms with van der Waals surface area (Å²) in [7, 11) is 0. The van der Waals surface area contributed by atoms with Gasteiger partial charge in [-0.3, -0.25) is 0 Å². The van der Waals surface area contributed by atoms with Crippen molar-refractivity contribution in [3.63, 3.8) is 0 Å². The first-order chi connectivity index (χ1) is 8.15. The lowest BCUT2D eigenvalue weighted by atomic mass is 10.2. The molecule has 0 spiro atoms. The smallest absolute Gasteiger partial charge is 0.336 e. The van der Waals surface area contributed by atoms with Gasteiger partial charge in [-0.05, 0) is 34.1 Å². The quantitative estimate of drug-likeness (QED) is 0.626. The van der Waals surface area contributed by atoms with E-state index in [0.29, 0.717) is 10.2 Å². The molecule has 1 aromatic rings. The largest absolute Gasteiger partial charge is 0.478 e.